The Labute approximate surface area is 213 Å². The molecule has 2 amide bonds. The van der Waals surface area contributed by atoms with Gasteiger partial charge >= 0.3 is 0 Å². The molecule has 8 nitrogen and oxygen atoms in total. The molecule has 0 fully saturated rings. The Morgan fingerprint density at radius 3 is 2.81 bits per heavy atom. The molecule has 7 rings (SSSR count). The molecule has 4 heterocycles. The fraction of sp³-hybridized carbons (Fsp3) is 0.207. The molecule has 0 bridgehead atoms. The van der Waals surface area contributed by atoms with Crippen molar-refractivity contribution in [1.29, 1.82) is 0 Å². The Balaban J connectivity index is 1.13. The number of carbonyl (C=O) groups excluding carboxylic acids is 2. The van der Waals surface area contributed by atoms with Gasteiger partial charge in [-0.3, -0.25) is 9.59 Å². The lowest BCUT2D eigenvalue weighted by Gasteiger charge is -2.20. The molecule has 37 heavy (non-hydrogen) atoms. The van der Waals surface area contributed by atoms with Crippen LogP contribution in [0.2, 0.25) is 0 Å². The summed E-state index contributed by atoms with van der Waals surface area (Å²) in [4.78, 5) is 41.1. The second-order valence-electron chi connectivity index (χ2n) is 10.1. The van der Waals surface area contributed by atoms with Gasteiger partial charge in [0.1, 0.15) is 23.7 Å². The van der Waals surface area contributed by atoms with E-state index in [1.54, 1.807) is 17.2 Å². The second kappa shape index (κ2) is 7.96. The van der Waals surface area contributed by atoms with Gasteiger partial charge in [-0.25, -0.2) is 15.0 Å². The zero-order chi connectivity index (χ0) is 25.1. The Bertz CT molecular complexity index is 1600. The van der Waals surface area contributed by atoms with Gasteiger partial charge < -0.3 is 15.5 Å². The van der Waals surface area contributed by atoms with Gasteiger partial charge in [-0.1, -0.05) is 37.3 Å². The summed E-state index contributed by atoms with van der Waals surface area (Å²) < 4.78 is 0. The summed E-state index contributed by atoms with van der Waals surface area (Å²) in [7, 11) is 0. The van der Waals surface area contributed by atoms with Crippen molar-refractivity contribution in [2.24, 2.45) is 0 Å². The zero-order valence-electron chi connectivity index (χ0n) is 20.2. The minimum absolute atomic E-state index is 0.00340. The highest BCUT2D eigenvalue weighted by atomic mass is 16.2. The maximum absolute atomic E-state index is 13.4. The fourth-order valence-electron chi connectivity index (χ4n) is 5.99. The highest BCUT2D eigenvalue weighted by molar-refractivity contribution is 6.07. The molecule has 2 aromatic heterocycles. The molecule has 8 heteroatoms. The van der Waals surface area contributed by atoms with Gasteiger partial charge in [0.15, 0.2) is 0 Å². The summed E-state index contributed by atoms with van der Waals surface area (Å²) in [6.07, 6.45) is 4.37. The Morgan fingerprint density at radius 2 is 1.89 bits per heavy atom. The normalized spacial score (nSPS) is 20.9. The molecule has 4 aromatic rings. The maximum atomic E-state index is 13.4. The molecule has 2 aromatic carbocycles. The molecule has 1 aliphatic carbocycles. The molecule has 1 spiro atoms. The fourth-order valence-corrected chi connectivity index (χ4v) is 5.99. The summed E-state index contributed by atoms with van der Waals surface area (Å²) in [5.41, 5.74) is 5.92. The Kier molecular flexibility index (Phi) is 4.66. The molecule has 0 saturated heterocycles. The van der Waals surface area contributed by atoms with E-state index in [-0.39, 0.29) is 17.7 Å². The predicted molar refractivity (Wildman–Crippen MR) is 140 cm³/mol. The number of fused-ring (bicyclic) bond motifs is 4. The van der Waals surface area contributed by atoms with Crippen LogP contribution in [0, 0.1) is 0 Å². The van der Waals surface area contributed by atoms with E-state index in [0.29, 0.717) is 36.7 Å². The Morgan fingerprint density at radius 1 is 1.03 bits per heavy atom. The minimum Gasteiger partial charge on any atom is -0.340 e. The van der Waals surface area contributed by atoms with Crippen molar-refractivity contribution < 1.29 is 9.59 Å². The van der Waals surface area contributed by atoms with Crippen molar-refractivity contribution in [3.05, 3.63) is 101 Å². The smallest absolute Gasteiger partial charge is 0.277 e. The monoisotopic (exact) mass is 488 g/mol. The van der Waals surface area contributed by atoms with Crippen LogP contribution >= 0.6 is 0 Å². The summed E-state index contributed by atoms with van der Waals surface area (Å²) in [6.45, 7) is 2.76. The van der Waals surface area contributed by atoms with Crippen LogP contribution in [0.5, 0.6) is 0 Å². The summed E-state index contributed by atoms with van der Waals surface area (Å²) >= 11 is 0. The van der Waals surface area contributed by atoms with Gasteiger partial charge in [-0.15, -0.1) is 0 Å². The quantitative estimate of drug-likeness (QED) is 0.444. The molecule has 0 radical (unpaired) electrons. The molecule has 0 saturated carbocycles. The van der Waals surface area contributed by atoms with Gasteiger partial charge in [-0.05, 0) is 53.8 Å². The number of benzene rings is 2. The molecular formula is C29H24N6O2. The lowest BCUT2D eigenvalue weighted by atomic mass is 9.79. The van der Waals surface area contributed by atoms with Crippen LogP contribution in [-0.4, -0.2) is 33.3 Å². The number of amides is 2. The van der Waals surface area contributed by atoms with Gasteiger partial charge in [-0.2, -0.15) is 0 Å². The molecular weight excluding hydrogens is 464 g/mol. The van der Waals surface area contributed by atoms with E-state index < -0.39 is 5.41 Å². The number of para-hydroxylation sites is 1. The first-order valence-electron chi connectivity index (χ1n) is 12.4. The number of hydrogen-bond acceptors (Lipinski definition) is 6. The number of rotatable bonds is 3. The average molecular weight is 489 g/mol. The largest absolute Gasteiger partial charge is 0.340 e. The number of aromatic nitrogens is 3. The Hall–Kier alpha value is -4.59. The molecule has 2 atom stereocenters. The summed E-state index contributed by atoms with van der Waals surface area (Å²) in [6, 6.07) is 19.7. The summed E-state index contributed by atoms with van der Waals surface area (Å²) in [5, 5.41) is 6.27. The number of nitrogens with one attached hydrogen (secondary N) is 2. The molecule has 2 aliphatic heterocycles. The highest BCUT2D eigenvalue weighted by Crippen LogP contribution is 2.47. The lowest BCUT2D eigenvalue weighted by Crippen LogP contribution is -2.35. The van der Waals surface area contributed by atoms with Crippen molar-refractivity contribution in [1.82, 2.24) is 15.0 Å². The zero-order valence-corrected chi connectivity index (χ0v) is 20.2. The van der Waals surface area contributed by atoms with Crippen LogP contribution in [0.1, 0.15) is 45.6 Å². The van der Waals surface area contributed by atoms with Crippen LogP contribution < -0.4 is 15.5 Å². The van der Waals surface area contributed by atoms with Gasteiger partial charge in [0.2, 0.25) is 5.91 Å². The van der Waals surface area contributed by atoms with Crippen LogP contribution in [-0.2, 0) is 23.1 Å². The average Bonchev–Trinajstić information content (AvgIpc) is 3.55. The maximum Gasteiger partial charge on any atom is 0.277 e. The van der Waals surface area contributed by atoms with E-state index in [2.05, 4.69) is 50.7 Å². The van der Waals surface area contributed by atoms with Gasteiger partial charge in [0.25, 0.3) is 5.91 Å². The first kappa shape index (κ1) is 21.7. The van der Waals surface area contributed by atoms with E-state index in [0.717, 1.165) is 28.1 Å². The number of pyridine rings is 1. The summed E-state index contributed by atoms with van der Waals surface area (Å²) in [5.74, 6) is 1.34. The standard InChI is InChI=1S/C29H24N6O2/c1-17-15-35(24-7-3-2-5-21(17)24)27(36)23-12-25(32-16-31-23)33-20-9-8-18-13-29(14-19(18)11-20)22-6-4-10-30-26(22)34-28(29)37/h2-12,16-17H,13-15H2,1H3,(H,30,34,37)(H,31,32,33). The van der Waals surface area contributed by atoms with Crippen molar-refractivity contribution in [2.75, 3.05) is 22.1 Å². The molecule has 2 N–H and O–H groups in total. The van der Waals surface area contributed by atoms with Crippen molar-refractivity contribution in [2.45, 2.75) is 31.1 Å². The van der Waals surface area contributed by atoms with Crippen LogP contribution in [0.3, 0.4) is 0 Å². The van der Waals surface area contributed by atoms with E-state index in [1.165, 1.54) is 11.9 Å². The highest BCUT2D eigenvalue weighted by Gasteiger charge is 2.51. The number of nitrogens with zero attached hydrogens (tertiary/aromatic N) is 4. The lowest BCUT2D eigenvalue weighted by molar-refractivity contribution is -0.120. The van der Waals surface area contributed by atoms with Crippen molar-refractivity contribution >= 4 is 34.8 Å². The predicted octanol–water partition coefficient (Wildman–Crippen LogP) is 4.37. The van der Waals surface area contributed by atoms with E-state index in [4.69, 9.17) is 0 Å². The van der Waals surface area contributed by atoms with Gasteiger partial charge in [0.05, 0.1) is 5.41 Å². The topological polar surface area (TPSA) is 100 Å². The van der Waals surface area contributed by atoms with Crippen molar-refractivity contribution in [3.8, 4) is 0 Å². The van der Waals surface area contributed by atoms with Gasteiger partial charge in [0, 0.05) is 41.7 Å². The van der Waals surface area contributed by atoms with Crippen molar-refractivity contribution in [3.63, 3.8) is 0 Å². The number of hydrogen-bond donors (Lipinski definition) is 2. The van der Waals surface area contributed by atoms with Crippen LogP contribution in [0.25, 0.3) is 0 Å². The van der Waals surface area contributed by atoms with E-state index in [1.807, 2.05) is 36.4 Å². The molecule has 182 valence electrons. The first-order valence-corrected chi connectivity index (χ1v) is 12.4. The number of anilines is 4. The first-order chi connectivity index (χ1) is 18.0. The third kappa shape index (κ3) is 3.32. The second-order valence-corrected chi connectivity index (χ2v) is 10.1. The van der Waals surface area contributed by atoms with E-state index >= 15 is 0 Å². The third-order valence-electron chi connectivity index (χ3n) is 7.80. The molecule has 2 unspecified atom stereocenters. The molecule has 3 aliphatic rings. The minimum atomic E-state index is -0.609. The third-order valence-corrected chi connectivity index (χ3v) is 7.80. The van der Waals surface area contributed by atoms with Crippen LogP contribution in [0.15, 0.2) is 73.2 Å². The number of carbonyl (C=O) groups is 2. The van der Waals surface area contributed by atoms with Crippen LogP contribution in [0.4, 0.5) is 23.0 Å². The van der Waals surface area contributed by atoms with E-state index in [9.17, 15) is 9.59 Å². The SMILES string of the molecule is CC1CN(C(=O)c2cc(Nc3ccc4c(c3)CC3(C4)C(=O)Nc4ncccc43)ncn2)c2ccccc21.